The Morgan fingerprint density at radius 1 is 1.06 bits per heavy atom. The van der Waals surface area contributed by atoms with E-state index in [0.29, 0.717) is 0 Å². The lowest BCUT2D eigenvalue weighted by atomic mass is 10.1. The highest BCUT2D eigenvalue weighted by Gasteiger charge is 2.09. The van der Waals surface area contributed by atoms with Crippen LogP contribution in [0.5, 0.6) is 0 Å². The summed E-state index contributed by atoms with van der Waals surface area (Å²) in [5.74, 6) is 0. The van der Waals surface area contributed by atoms with Gasteiger partial charge in [-0.15, -0.1) is 0 Å². The van der Waals surface area contributed by atoms with Crippen LogP contribution >= 0.6 is 0 Å². The third-order valence-corrected chi connectivity index (χ3v) is 3.14. The average molecular weight is 228 g/mol. The van der Waals surface area contributed by atoms with Crippen molar-refractivity contribution in [3.8, 4) is 0 Å². The lowest BCUT2D eigenvalue weighted by Gasteiger charge is -2.05. The molecule has 0 amide bonds. The minimum absolute atomic E-state index is 0.853. The molecule has 2 heterocycles. The fraction of sp³-hybridized carbons (Fsp3) is 0.286. The highest BCUT2D eigenvalue weighted by molar-refractivity contribution is 5.34. The van der Waals surface area contributed by atoms with Crippen LogP contribution < -0.4 is 10.6 Å². The molecule has 1 aliphatic rings. The molecule has 0 spiro atoms. The van der Waals surface area contributed by atoms with Crippen LogP contribution in [-0.2, 0) is 26.2 Å². The number of fused-ring (bicyclic) bond motifs is 1. The first-order valence-corrected chi connectivity index (χ1v) is 5.95. The molecule has 0 saturated carbocycles. The fourth-order valence-corrected chi connectivity index (χ4v) is 2.20. The third-order valence-electron chi connectivity index (χ3n) is 3.14. The molecular weight excluding hydrogens is 212 g/mol. The minimum Gasteiger partial charge on any atom is -0.472 e. The normalized spacial score (nSPS) is 13.9. The SMILES string of the molecule is c1cc(CNCc2ccc3c(c2)CNC3)co1. The molecule has 1 aromatic carbocycles. The van der Waals surface area contributed by atoms with Crippen LogP contribution in [-0.4, -0.2) is 0 Å². The molecule has 0 bridgehead atoms. The number of hydrogen-bond donors (Lipinski definition) is 2. The van der Waals surface area contributed by atoms with Crippen LogP contribution in [0.1, 0.15) is 22.3 Å². The Labute approximate surface area is 101 Å². The summed E-state index contributed by atoms with van der Waals surface area (Å²) in [6.07, 6.45) is 3.48. The van der Waals surface area contributed by atoms with E-state index < -0.39 is 0 Å². The summed E-state index contributed by atoms with van der Waals surface area (Å²) in [4.78, 5) is 0. The fourth-order valence-electron chi connectivity index (χ4n) is 2.20. The Kier molecular flexibility index (Phi) is 2.94. The smallest absolute Gasteiger partial charge is 0.0947 e. The van der Waals surface area contributed by atoms with Crippen molar-refractivity contribution < 1.29 is 4.42 Å². The summed E-state index contributed by atoms with van der Waals surface area (Å²) in [7, 11) is 0. The van der Waals surface area contributed by atoms with Crippen LogP contribution in [0, 0.1) is 0 Å². The van der Waals surface area contributed by atoms with Crippen molar-refractivity contribution in [2.75, 3.05) is 0 Å². The van der Waals surface area contributed by atoms with Gasteiger partial charge in [0.2, 0.25) is 0 Å². The minimum atomic E-state index is 0.853. The Hall–Kier alpha value is -1.58. The standard InChI is InChI=1S/C14H16N2O/c1-2-13-8-16-9-14(13)5-11(1)6-15-7-12-3-4-17-10-12/h1-5,10,15-16H,6-9H2. The van der Waals surface area contributed by atoms with Crippen LogP contribution in [0.2, 0.25) is 0 Å². The van der Waals surface area contributed by atoms with Crippen molar-refractivity contribution in [3.05, 3.63) is 59.0 Å². The van der Waals surface area contributed by atoms with Gasteiger partial charge in [-0.3, -0.25) is 0 Å². The summed E-state index contributed by atoms with van der Waals surface area (Å²) in [5.41, 5.74) is 5.40. The van der Waals surface area contributed by atoms with Crippen molar-refractivity contribution in [1.82, 2.24) is 10.6 Å². The van der Waals surface area contributed by atoms with Gasteiger partial charge < -0.3 is 15.1 Å². The van der Waals surface area contributed by atoms with E-state index in [2.05, 4.69) is 28.8 Å². The maximum Gasteiger partial charge on any atom is 0.0947 e. The quantitative estimate of drug-likeness (QED) is 0.842. The summed E-state index contributed by atoms with van der Waals surface area (Å²) in [5, 5.41) is 6.78. The first-order valence-electron chi connectivity index (χ1n) is 5.95. The number of benzene rings is 1. The Morgan fingerprint density at radius 3 is 2.82 bits per heavy atom. The molecule has 0 atom stereocenters. The Balaban J connectivity index is 1.58. The molecule has 0 fully saturated rings. The number of hydrogen-bond acceptors (Lipinski definition) is 3. The van der Waals surface area contributed by atoms with Crippen molar-refractivity contribution in [1.29, 1.82) is 0 Å². The average Bonchev–Trinajstić information content (AvgIpc) is 2.98. The summed E-state index contributed by atoms with van der Waals surface area (Å²) in [6.45, 7) is 3.77. The third kappa shape index (κ3) is 2.40. The maximum absolute atomic E-state index is 5.03. The van der Waals surface area contributed by atoms with E-state index in [1.54, 1.807) is 12.5 Å². The molecule has 3 heteroatoms. The predicted octanol–water partition coefficient (Wildman–Crippen LogP) is 2.17. The molecule has 0 unspecified atom stereocenters. The van der Waals surface area contributed by atoms with Gasteiger partial charge in [0.05, 0.1) is 12.5 Å². The topological polar surface area (TPSA) is 37.2 Å². The van der Waals surface area contributed by atoms with E-state index in [9.17, 15) is 0 Å². The Bertz CT molecular complexity index is 491. The van der Waals surface area contributed by atoms with Gasteiger partial charge in [-0.2, -0.15) is 0 Å². The molecule has 3 rings (SSSR count). The van der Waals surface area contributed by atoms with Crippen molar-refractivity contribution >= 4 is 0 Å². The molecule has 0 saturated heterocycles. The van der Waals surface area contributed by atoms with Gasteiger partial charge in [0.1, 0.15) is 0 Å². The zero-order valence-electron chi connectivity index (χ0n) is 9.70. The molecule has 2 aromatic rings. The van der Waals surface area contributed by atoms with Crippen LogP contribution in [0.25, 0.3) is 0 Å². The molecule has 0 radical (unpaired) electrons. The molecular formula is C14H16N2O. The van der Waals surface area contributed by atoms with Gasteiger partial charge in [0.15, 0.2) is 0 Å². The summed E-state index contributed by atoms with van der Waals surface area (Å²) >= 11 is 0. The van der Waals surface area contributed by atoms with Crippen LogP contribution in [0.15, 0.2) is 41.2 Å². The largest absolute Gasteiger partial charge is 0.472 e. The molecule has 2 N–H and O–H groups in total. The van der Waals surface area contributed by atoms with E-state index in [4.69, 9.17) is 4.42 Å². The van der Waals surface area contributed by atoms with Crippen LogP contribution in [0.4, 0.5) is 0 Å². The van der Waals surface area contributed by atoms with Crippen molar-refractivity contribution in [2.45, 2.75) is 26.2 Å². The van der Waals surface area contributed by atoms with Gasteiger partial charge in [-0.1, -0.05) is 18.2 Å². The van der Waals surface area contributed by atoms with Crippen molar-refractivity contribution in [2.24, 2.45) is 0 Å². The van der Waals surface area contributed by atoms with Gasteiger partial charge in [-0.25, -0.2) is 0 Å². The highest BCUT2D eigenvalue weighted by atomic mass is 16.3. The second kappa shape index (κ2) is 4.73. The molecule has 17 heavy (non-hydrogen) atoms. The monoisotopic (exact) mass is 228 g/mol. The maximum atomic E-state index is 5.03. The zero-order chi connectivity index (χ0) is 11.5. The van der Waals surface area contributed by atoms with Crippen molar-refractivity contribution in [3.63, 3.8) is 0 Å². The first-order chi connectivity index (χ1) is 8.42. The molecule has 3 nitrogen and oxygen atoms in total. The second-order valence-electron chi connectivity index (χ2n) is 4.44. The van der Waals surface area contributed by atoms with Gasteiger partial charge in [0.25, 0.3) is 0 Å². The Morgan fingerprint density at radius 2 is 1.94 bits per heavy atom. The van der Waals surface area contributed by atoms with Gasteiger partial charge in [0, 0.05) is 31.7 Å². The first kappa shape index (κ1) is 10.6. The predicted molar refractivity (Wildman–Crippen MR) is 66.2 cm³/mol. The van der Waals surface area contributed by atoms with E-state index >= 15 is 0 Å². The van der Waals surface area contributed by atoms with Gasteiger partial charge >= 0.3 is 0 Å². The summed E-state index contributed by atoms with van der Waals surface area (Å²) < 4.78 is 5.03. The molecule has 88 valence electrons. The van der Waals surface area contributed by atoms with Gasteiger partial charge in [-0.05, 0) is 22.8 Å². The molecule has 0 aliphatic carbocycles. The van der Waals surface area contributed by atoms with E-state index in [1.165, 1.54) is 22.3 Å². The highest BCUT2D eigenvalue weighted by Crippen LogP contribution is 2.16. The van der Waals surface area contributed by atoms with Crippen LogP contribution in [0.3, 0.4) is 0 Å². The van der Waals surface area contributed by atoms with E-state index in [1.807, 2.05) is 6.07 Å². The lowest BCUT2D eigenvalue weighted by Crippen LogP contribution is -2.12. The molecule has 1 aliphatic heterocycles. The number of nitrogens with one attached hydrogen (secondary N) is 2. The molecule has 1 aromatic heterocycles. The lowest BCUT2D eigenvalue weighted by molar-refractivity contribution is 0.560. The zero-order valence-corrected chi connectivity index (χ0v) is 9.70. The number of furan rings is 1. The van der Waals surface area contributed by atoms with E-state index in [0.717, 1.165) is 26.2 Å². The summed E-state index contributed by atoms with van der Waals surface area (Å²) in [6, 6.07) is 8.70. The van der Waals surface area contributed by atoms with E-state index in [-0.39, 0.29) is 0 Å². The number of rotatable bonds is 4. The second-order valence-corrected chi connectivity index (χ2v) is 4.44.